The van der Waals surface area contributed by atoms with Gasteiger partial charge in [0.2, 0.25) is 11.8 Å². The molecular formula is C28H40N2O6. The van der Waals surface area contributed by atoms with Gasteiger partial charge < -0.3 is 24.9 Å². The second kappa shape index (κ2) is 13.0. The van der Waals surface area contributed by atoms with Crippen LogP contribution in [0, 0.1) is 11.8 Å². The van der Waals surface area contributed by atoms with E-state index in [4.69, 9.17) is 4.74 Å². The van der Waals surface area contributed by atoms with Crippen molar-refractivity contribution in [3.63, 3.8) is 0 Å². The number of ether oxygens (including phenoxy) is 1. The molecule has 1 aromatic carbocycles. The molecule has 0 spiro atoms. The van der Waals surface area contributed by atoms with E-state index in [-0.39, 0.29) is 24.0 Å². The van der Waals surface area contributed by atoms with Gasteiger partial charge in [-0.05, 0) is 44.1 Å². The molecule has 2 amide bonds. The molecule has 2 fully saturated rings. The number of ketones is 1. The van der Waals surface area contributed by atoms with Crippen molar-refractivity contribution < 1.29 is 29.0 Å². The van der Waals surface area contributed by atoms with Gasteiger partial charge in [-0.3, -0.25) is 9.59 Å². The van der Waals surface area contributed by atoms with E-state index in [0.717, 1.165) is 24.8 Å². The molecule has 198 valence electrons. The lowest BCUT2D eigenvalue weighted by molar-refractivity contribution is -0.163. The number of unbranched alkanes of at least 4 members (excludes halogenated alkanes) is 1. The van der Waals surface area contributed by atoms with Crippen LogP contribution in [0.3, 0.4) is 0 Å². The molecular weight excluding hydrogens is 460 g/mol. The van der Waals surface area contributed by atoms with Crippen molar-refractivity contribution in [1.29, 1.82) is 0 Å². The van der Waals surface area contributed by atoms with Crippen molar-refractivity contribution in [2.45, 2.75) is 96.4 Å². The summed E-state index contributed by atoms with van der Waals surface area (Å²) in [5.41, 5.74) is 0.897. The van der Waals surface area contributed by atoms with Crippen molar-refractivity contribution in [3.8, 4) is 0 Å². The zero-order chi connectivity index (χ0) is 26.2. The predicted molar refractivity (Wildman–Crippen MR) is 135 cm³/mol. The first kappa shape index (κ1) is 27.8. The zero-order valence-corrected chi connectivity index (χ0v) is 21.7. The maximum Gasteiger partial charge on any atom is 0.329 e. The van der Waals surface area contributed by atoms with Crippen LogP contribution >= 0.6 is 0 Å². The first-order chi connectivity index (χ1) is 17.2. The van der Waals surface area contributed by atoms with Crippen molar-refractivity contribution >= 4 is 23.6 Å². The van der Waals surface area contributed by atoms with Gasteiger partial charge in [-0.2, -0.15) is 0 Å². The van der Waals surface area contributed by atoms with Gasteiger partial charge in [-0.15, -0.1) is 0 Å². The van der Waals surface area contributed by atoms with E-state index < -0.39 is 42.1 Å². The van der Waals surface area contributed by atoms with Crippen LogP contribution in [0.25, 0.3) is 0 Å². The maximum absolute atomic E-state index is 13.6. The van der Waals surface area contributed by atoms with E-state index in [1.807, 2.05) is 37.3 Å². The fourth-order valence-corrected chi connectivity index (χ4v) is 5.10. The Labute approximate surface area is 213 Å². The predicted octanol–water partition coefficient (Wildman–Crippen LogP) is 2.80. The van der Waals surface area contributed by atoms with Crippen LogP contribution in [0.1, 0.15) is 71.3 Å². The molecule has 2 aliphatic heterocycles. The van der Waals surface area contributed by atoms with Crippen LogP contribution in [0.2, 0.25) is 0 Å². The lowest BCUT2D eigenvalue weighted by Gasteiger charge is -2.34. The van der Waals surface area contributed by atoms with Crippen LogP contribution in [0.15, 0.2) is 30.3 Å². The number of esters is 1. The number of hydrogen-bond donors (Lipinski definition) is 2. The molecule has 8 heteroatoms. The van der Waals surface area contributed by atoms with E-state index >= 15 is 0 Å². The molecule has 2 heterocycles. The van der Waals surface area contributed by atoms with Gasteiger partial charge in [-0.25, -0.2) is 4.79 Å². The Bertz CT molecular complexity index is 920. The minimum Gasteiger partial charge on any atom is -0.460 e. The quantitative estimate of drug-likeness (QED) is 0.419. The fourth-order valence-electron chi connectivity index (χ4n) is 5.10. The second-order valence-electron chi connectivity index (χ2n) is 10.4. The minimum atomic E-state index is -1.03. The number of Topliss-reactive ketones (excluding diaryl/α,β-unsaturated/α-hetero) is 1. The van der Waals surface area contributed by atoms with Crippen molar-refractivity contribution in [2.24, 2.45) is 11.8 Å². The van der Waals surface area contributed by atoms with Crippen LogP contribution in [0.5, 0.6) is 0 Å². The van der Waals surface area contributed by atoms with Gasteiger partial charge in [0.25, 0.3) is 0 Å². The molecule has 3 rings (SSSR count). The Morgan fingerprint density at radius 3 is 2.61 bits per heavy atom. The van der Waals surface area contributed by atoms with Gasteiger partial charge >= 0.3 is 5.97 Å². The second-order valence-corrected chi connectivity index (χ2v) is 10.4. The molecule has 2 aliphatic rings. The zero-order valence-electron chi connectivity index (χ0n) is 21.7. The summed E-state index contributed by atoms with van der Waals surface area (Å²) in [6.07, 6.45) is 2.81. The highest BCUT2D eigenvalue weighted by Crippen LogP contribution is 2.27. The van der Waals surface area contributed by atoms with Gasteiger partial charge in [0.15, 0.2) is 0 Å². The molecule has 0 bridgehead atoms. The number of rotatable bonds is 8. The number of nitrogens with one attached hydrogen (secondary N) is 1. The molecule has 0 aliphatic carbocycles. The number of benzene rings is 1. The molecule has 0 saturated carbocycles. The maximum atomic E-state index is 13.6. The Hall–Kier alpha value is -2.74. The summed E-state index contributed by atoms with van der Waals surface area (Å²) in [7, 11) is 0. The molecule has 1 unspecified atom stereocenters. The van der Waals surface area contributed by atoms with Gasteiger partial charge in [0.05, 0.1) is 12.0 Å². The van der Waals surface area contributed by atoms with E-state index in [1.165, 1.54) is 0 Å². The first-order valence-electron chi connectivity index (χ1n) is 13.2. The van der Waals surface area contributed by atoms with Crippen LogP contribution in [-0.2, 0) is 30.3 Å². The van der Waals surface area contributed by atoms with E-state index in [9.17, 15) is 24.3 Å². The number of carbonyl (C=O) groups is 4. The minimum absolute atomic E-state index is 0.0647. The smallest absolute Gasteiger partial charge is 0.329 e. The summed E-state index contributed by atoms with van der Waals surface area (Å²) < 4.78 is 5.94. The van der Waals surface area contributed by atoms with Crippen LogP contribution in [-0.4, -0.2) is 64.4 Å². The standard InChI is InChI=1S/C28H40N2O6/c1-18(10-7-8-11-19(2)31)25-17-24(32)20(3)26(33)29-22(16-21-12-5-4-6-13-21)27(34)30-15-9-14-23(30)28(35)36-25/h4-6,12-13,18,20,22-25,32H,7-11,14-17H2,1-3H3,(H,29,33)/t18-,20+,22?,23-,24-,25+/m0/s1. The largest absolute Gasteiger partial charge is 0.460 e. The van der Waals surface area contributed by atoms with Crippen LogP contribution in [0.4, 0.5) is 0 Å². The van der Waals surface area contributed by atoms with E-state index in [0.29, 0.717) is 32.2 Å². The third-order valence-electron chi connectivity index (χ3n) is 7.51. The average Bonchev–Trinajstić information content (AvgIpc) is 3.34. The summed E-state index contributed by atoms with van der Waals surface area (Å²) in [6, 6.07) is 7.89. The number of hydrogen-bond acceptors (Lipinski definition) is 6. The van der Waals surface area contributed by atoms with Gasteiger partial charge in [-0.1, -0.05) is 50.6 Å². The van der Waals surface area contributed by atoms with Crippen molar-refractivity contribution in [2.75, 3.05) is 6.54 Å². The number of amides is 2. The molecule has 2 N–H and O–H groups in total. The third-order valence-corrected chi connectivity index (χ3v) is 7.51. The Morgan fingerprint density at radius 1 is 1.19 bits per heavy atom. The van der Waals surface area contributed by atoms with Crippen molar-refractivity contribution in [1.82, 2.24) is 10.2 Å². The molecule has 8 nitrogen and oxygen atoms in total. The average molecular weight is 501 g/mol. The van der Waals surface area contributed by atoms with E-state index in [2.05, 4.69) is 5.32 Å². The number of cyclic esters (lactones) is 1. The Balaban J connectivity index is 1.81. The van der Waals surface area contributed by atoms with Crippen molar-refractivity contribution in [3.05, 3.63) is 35.9 Å². The number of nitrogens with zero attached hydrogens (tertiary/aromatic N) is 1. The lowest BCUT2D eigenvalue weighted by atomic mass is 9.89. The highest BCUT2D eigenvalue weighted by atomic mass is 16.5. The summed E-state index contributed by atoms with van der Waals surface area (Å²) in [6.45, 7) is 5.59. The molecule has 1 aromatic rings. The molecule has 6 atom stereocenters. The van der Waals surface area contributed by atoms with Gasteiger partial charge in [0.1, 0.15) is 24.0 Å². The first-order valence-corrected chi connectivity index (χ1v) is 13.2. The summed E-state index contributed by atoms with van der Waals surface area (Å²) in [5, 5.41) is 13.8. The lowest BCUT2D eigenvalue weighted by Crippen LogP contribution is -2.55. The molecule has 2 saturated heterocycles. The third kappa shape index (κ3) is 7.38. The monoisotopic (exact) mass is 500 g/mol. The highest BCUT2D eigenvalue weighted by molar-refractivity contribution is 5.92. The highest BCUT2D eigenvalue weighted by Gasteiger charge is 2.41. The molecule has 0 radical (unpaired) electrons. The number of carbonyl (C=O) groups excluding carboxylic acids is 4. The number of aliphatic hydroxyl groups excluding tert-OH is 1. The summed E-state index contributed by atoms with van der Waals surface area (Å²) in [5.74, 6) is -1.85. The number of aliphatic hydroxyl groups is 1. The normalized spacial score (nSPS) is 28.4. The topological polar surface area (TPSA) is 113 Å². The Kier molecular flexibility index (Phi) is 10.0. The van der Waals surface area contributed by atoms with Crippen LogP contribution < -0.4 is 5.32 Å². The SMILES string of the molecule is CC(=O)CCCC[C@H](C)[C@H]1C[C@H](O)[C@@H](C)C(=O)NC(Cc2ccccc2)C(=O)N2CCC[C@H]2C(=O)O1. The van der Waals surface area contributed by atoms with E-state index in [1.54, 1.807) is 18.7 Å². The van der Waals surface area contributed by atoms with Gasteiger partial charge in [0, 0.05) is 25.8 Å². The Morgan fingerprint density at radius 2 is 1.92 bits per heavy atom. The summed E-state index contributed by atoms with van der Waals surface area (Å²) >= 11 is 0. The summed E-state index contributed by atoms with van der Waals surface area (Å²) in [4.78, 5) is 52.8. The molecule has 36 heavy (non-hydrogen) atoms. The fraction of sp³-hybridized carbons (Fsp3) is 0.643. The molecule has 0 aromatic heterocycles. The number of fused-ring (bicyclic) bond motifs is 1.